The molecule has 1 aromatic carbocycles. The van der Waals surface area contributed by atoms with Gasteiger partial charge in [0.15, 0.2) is 0 Å². The summed E-state index contributed by atoms with van der Waals surface area (Å²) in [6.07, 6.45) is -0.0423. The number of amides is 2. The molecule has 0 spiro atoms. The molecule has 0 aliphatic carbocycles. The first-order chi connectivity index (χ1) is 15.9. The number of esters is 1. The van der Waals surface area contributed by atoms with E-state index in [-0.39, 0.29) is 47.9 Å². The number of carbonyl (C=O) groups excluding carboxylic acids is 3. The first kappa shape index (κ1) is 24.2. The summed E-state index contributed by atoms with van der Waals surface area (Å²) in [6, 6.07) is 9.16. The van der Waals surface area contributed by atoms with E-state index in [9.17, 15) is 19.6 Å². The largest absolute Gasteiger partial charge is 0.460 e. The number of nitrogens with two attached hydrogens (primary N) is 2. The van der Waals surface area contributed by atoms with E-state index < -0.39 is 23.5 Å². The molecular weight excluding hydrogens is 436 g/mol. The van der Waals surface area contributed by atoms with Crippen LogP contribution in [0, 0.1) is 22.7 Å². The monoisotopic (exact) mass is 460 g/mol. The van der Waals surface area contributed by atoms with Crippen LogP contribution in [0.2, 0.25) is 0 Å². The Morgan fingerprint density at radius 3 is 2.47 bits per heavy atom. The summed E-state index contributed by atoms with van der Waals surface area (Å²) >= 11 is 0. The van der Waals surface area contributed by atoms with Gasteiger partial charge in [0.25, 0.3) is 5.91 Å². The van der Waals surface area contributed by atoms with Gasteiger partial charge in [-0.1, -0.05) is 6.07 Å². The average molecular weight is 460 g/mol. The summed E-state index contributed by atoms with van der Waals surface area (Å²) in [4.78, 5) is 42.8. The quantitative estimate of drug-likeness (QED) is 0.615. The van der Waals surface area contributed by atoms with Crippen molar-refractivity contribution in [1.82, 2.24) is 9.88 Å². The second-order valence-electron chi connectivity index (χ2n) is 8.89. The Morgan fingerprint density at radius 2 is 1.88 bits per heavy atom. The van der Waals surface area contributed by atoms with Gasteiger partial charge in [0, 0.05) is 24.1 Å². The van der Waals surface area contributed by atoms with Crippen LogP contribution in [-0.4, -0.2) is 39.3 Å². The lowest BCUT2D eigenvalue weighted by Gasteiger charge is -2.25. The number of fused-ring (bicyclic) bond motifs is 1. The number of primary amides is 1. The van der Waals surface area contributed by atoms with E-state index in [0.29, 0.717) is 16.7 Å². The van der Waals surface area contributed by atoms with Crippen LogP contribution in [0.15, 0.2) is 24.3 Å². The number of hydrogen-bond donors (Lipinski definition) is 2. The number of ether oxygens (including phenoxy) is 1. The van der Waals surface area contributed by atoms with Crippen LogP contribution in [-0.2, 0) is 20.9 Å². The molecule has 1 atom stereocenters. The van der Waals surface area contributed by atoms with Gasteiger partial charge in [0.1, 0.15) is 29.6 Å². The van der Waals surface area contributed by atoms with E-state index in [1.807, 2.05) is 12.1 Å². The molecule has 2 aromatic rings. The molecule has 4 N–H and O–H groups in total. The van der Waals surface area contributed by atoms with Crippen LogP contribution in [0.1, 0.15) is 60.7 Å². The van der Waals surface area contributed by atoms with Gasteiger partial charge in [-0.05, 0) is 51.0 Å². The lowest BCUT2D eigenvalue weighted by molar-refractivity contribution is -0.155. The van der Waals surface area contributed by atoms with Gasteiger partial charge in [-0.15, -0.1) is 0 Å². The molecule has 2 heterocycles. The molecule has 0 saturated heterocycles. The van der Waals surface area contributed by atoms with E-state index in [0.717, 1.165) is 0 Å². The van der Waals surface area contributed by atoms with Gasteiger partial charge in [-0.3, -0.25) is 14.4 Å². The third-order valence-electron chi connectivity index (χ3n) is 5.25. The minimum absolute atomic E-state index is 0.00867. The minimum Gasteiger partial charge on any atom is -0.460 e. The molecule has 1 unspecified atom stereocenters. The summed E-state index contributed by atoms with van der Waals surface area (Å²) in [7, 11) is 0. The van der Waals surface area contributed by atoms with Crippen molar-refractivity contribution >= 4 is 23.6 Å². The lowest BCUT2D eigenvalue weighted by Crippen LogP contribution is -2.45. The van der Waals surface area contributed by atoms with E-state index >= 15 is 0 Å². The minimum atomic E-state index is -0.991. The predicted octanol–water partition coefficient (Wildman–Crippen LogP) is 2.01. The molecule has 1 aliphatic rings. The Morgan fingerprint density at radius 1 is 1.21 bits per heavy atom. The van der Waals surface area contributed by atoms with Crippen molar-refractivity contribution in [3.63, 3.8) is 0 Å². The number of hydrogen-bond acceptors (Lipinski definition) is 8. The van der Waals surface area contributed by atoms with Crippen molar-refractivity contribution in [1.29, 1.82) is 10.5 Å². The van der Waals surface area contributed by atoms with Crippen molar-refractivity contribution in [2.75, 3.05) is 5.73 Å². The zero-order chi connectivity index (χ0) is 25.2. The Labute approximate surface area is 196 Å². The molecule has 1 aliphatic heterocycles. The molecule has 0 bridgehead atoms. The van der Waals surface area contributed by atoms with E-state index in [1.54, 1.807) is 39.0 Å². The zero-order valence-electron chi connectivity index (χ0n) is 19.1. The predicted molar refractivity (Wildman–Crippen MR) is 121 cm³/mol. The molecule has 0 radical (unpaired) electrons. The number of nitrogens with zero attached hydrogens (tertiary/aromatic N) is 4. The highest BCUT2D eigenvalue weighted by molar-refractivity contribution is 6.01. The fourth-order valence-electron chi connectivity index (χ4n) is 3.76. The molecular formula is C24H24N6O4. The molecule has 10 heteroatoms. The fraction of sp³-hybridized carbons (Fsp3) is 0.333. The molecule has 0 fully saturated rings. The van der Waals surface area contributed by atoms with Crippen LogP contribution >= 0.6 is 0 Å². The van der Waals surface area contributed by atoms with Crippen LogP contribution in [0.3, 0.4) is 0 Å². The standard InChI is InChI=1S/C24H24N6O4/c1-24(2,3)34-19(31)7-6-18(22(28)32)30-12-16-8-13(4-5-17(16)23(30)33)20-14(10-25)9-15(11-26)21(27)29-20/h4-5,8-9,18H,6-7,12H2,1-3H3,(H2,27,29)(H2,28,32). The van der Waals surface area contributed by atoms with Gasteiger partial charge in [0.2, 0.25) is 5.91 Å². The van der Waals surface area contributed by atoms with Crippen molar-refractivity contribution in [2.45, 2.75) is 51.8 Å². The number of carbonyl (C=O) groups is 3. The second kappa shape index (κ2) is 9.20. The van der Waals surface area contributed by atoms with Crippen LogP contribution in [0.25, 0.3) is 11.3 Å². The molecule has 3 rings (SSSR count). The number of nitriles is 2. The van der Waals surface area contributed by atoms with Gasteiger partial charge in [-0.2, -0.15) is 10.5 Å². The average Bonchev–Trinajstić information content (AvgIpc) is 3.07. The molecule has 34 heavy (non-hydrogen) atoms. The number of pyridine rings is 1. The van der Waals surface area contributed by atoms with E-state index in [2.05, 4.69) is 4.98 Å². The Kier molecular flexibility index (Phi) is 6.55. The smallest absolute Gasteiger partial charge is 0.306 e. The molecule has 1 aromatic heterocycles. The maximum absolute atomic E-state index is 13.0. The fourth-order valence-corrected chi connectivity index (χ4v) is 3.76. The summed E-state index contributed by atoms with van der Waals surface area (Å²) in [6.45, 7) is 5.31. The first-order valence-electron chi connectivity index (χ1n) is 10.5. The third kappa shape index (κ3) is 4.97. The SMILES string of the molecule is CC(C)(C)OC(=O)CCC(C(N)=O)N1Cc2cc(-c3nc(N)c(C#N)cc3C#N)ccc2C1=O. The summed E-state index contributed by atoms with van der Waals surface area (Å²) in [5.74, 6) is -1.61. The maximum atomic E-state index is 13.0. The van der Waals surface area contributed by atoms with Crippen molar-refractivity contribution in [3.8, 4) is 23.4 Å². The second-order valence-corrected chi connectivity index (χ2v) is 8.89. The number of rotatable bonds is 6. The lowest BCUT2D eigenvalue weighted by atomic mass is 10.00. The van der Waals surface area contributed by atoms with Gasteiger partial charge < -0.3 is 21.1 Å². The third-order valence-corrected chi connectivity index (χ3v) is 5.25. The van der Waals surface area contributed by atoms with Crippen LogP contribution in [0.4, 0.5) is 5.82 Å². The van der Waals surface area contributed by atoms with Crippen LogP contribution < -0.4 is 11.5 Å². The number of anilines is 1. The van der Waals surface area contributed by atoms with Gasteiger partial charge >= 0.3 is 5.97 Å². The summed E-state index contributed by atoms with van der Waals surface area (Å²) in [5.41, 5.74) is 12.8. The Balaban J connectivity index is 1.87. The Bertz CT molecular complexity index is 1270. The maximum Gasteiger partial charge on any atom is 0.306 e. The normalized spacial score (nSPS) is 13.6. The van der Waals surface area contributed by atoms with E-state index in [1.165, 1.54) is 11.0 Å². The topological polar surface area (TPSA) is 176 Å². The highest BCUT2D eigenvalue weighted by atomic mass is 16.6. The first-order valence-corrected chi connectivity index (χ1v) is 10.5. The highest BCUT2D eigenvalue weighted by Crippen LogP contribution is 2.32. The zero-order valence-corrected chi connectivity index (χ0v) is 19.1. The molecule has 2 amide bonds. The van der Waals surface area contributed by atoms with Gasteiger partial charge in [-0.25, -0.2) is 4.98 Å². The highest BCUT2D eigenvalue weighted by Gasteiger charge is 2.36. The molecule has 174 valence electrons. The van der Waals surface area contributed by atoms with Gasteiger partial charge in [0.05, 0.1) is 16.8 Å². The van der Waals surface area contributed by atoms with Crippen LogP contribution in [0.5, 0.6) is 0 Å². The van der Waals surface area contributed by atoms with Crippen molar-refractivity contribution < 1.29 is 19.1 Å². The summed E-state index contributed by atoms with van der Waals surface area (Å²) < 4.78 is 5.27. The van der Waals surface area contributed by atoms with E-state index in [4.69, 9.17) is 21.5 Å². The number of nitrogen functional groups attached to an aromatic ring is 1. The number of benzene rings is 1. The van der Waals surface area contributed by atoms with Crippen molar-refractivity contribution in [3.05, 3.63) is 46.5 Å². The Hall–Kier alpha value is -4.44. The molecule has 10 nitrogen and oxygen atoms in total. The summed E-state index contributed by atoms with van der Waals surface area (Å²) in [5, 5.41) is 18.6. The number of aromatic nitrogens is 1. The van der Waals surface area contributed by atoms with Crippen molar-refractivity contribution in [2.24, 2.45) is 5.73 Å². The molecule has 0 saturated carbocycles.